The van der Waals surface area contributed by atoms with Gasteiger partial charge in [0, 0.05) is 20.1 Å². The zero-order chi connectivity index (χ0) is 15.7. The molecule has 0 aromatic carbocycles. The second-order valence-electron chi connectivity index (χ2n) is 6.41. The summed E-state index contributed by atoms with van der Waals surface area (Å²) in [6.07, 6.45) is 4.86. The molecule has 1 saturated heterocycles. The maximum absolute atomic E-state index is 12.7. The third-order valence-corrected chi connectivity index (χ3v) is 7.27. The molecule has 122 valence electrons. The third kappa shape index (κ3) is 2.96. The van der Waals surface area contributed by atoms with Crippen LogP contribution in [0.1, 0.15) is 37.8 Å². The number of aromatic nitrogens is 2. The van der Waals surface area contributed by atoms with Crippen molar-refractivity contribution in [2.75, 3.05) is 25.0 Å². The molecule has 2 aliphatic rings. The van der Waals surface area contributed by atoms with Crippen molar-refractivity contribution in [2.45, 2.75) is 50.3 Å². The minimum absolute atomic E-state index is 0.0510. The standard InChI is InChI=1S/C15H24N4O2S/c1-12-8-9-15(17-16-12)19-10-13(11-19)18(2)22(20,21)14-6-4-3-5-7-14/h8-9,13-14H,3-7,10-11H2,1-2H3. The van der Waals surface area contributed by atoms with Gasteiger partial charge in [0.15, 0.2) is 5.82 Å². The predicted octanol–water partition coefficient (Wildman–Crippen LogP) is 1.57. The van der Waals surface area contributed by atoms with Gasteiger partial charge in [-0.2, -0.15) is 9.40 Å². The molecule has 0 radical (unpaired) electrons. The molecule has 7 heteroatoms. The van der Waals surface area contributed by atoms with E-state index in [9.17, 15) is 8.42 Å². The SMILES string of the molecule is Cc1ccc(N2CC(N(C)S(=O)(=O)C3CCCCC3)C2)nn1. The Morgan fingerprint density at radius 1 is 1.14 bits per heavy atom. The van der Waals surface area contributed by atoms with Crippen molar-refractivity contribution in [1.29, 1.82) is 0 Å². The van der Waals surface area contributed by atoms with Crippen LogP contribution in [-0.2, 0) is 10.0 Å². The van der Waals surface area contributed by atoms with Crippen LogP contribution in [-0.4, -0.2) is 54.3 Å². The molecule has 0 bridgehead atoms. The average molecular weight is 324 g/mol. The van der Waals surface area contributed by atoms with E-state index in [1.807, 2.05) is 19.1 Å². The van der Waals surface area contributed by atoms with Crippen molar-refractivity contribution < 1.29 is 8.42 Å². The Bertz CT molecular complexity index is 605. The van der Waals surface area contributed by atoms with E-state index in [1.165, 1.54) is 6.42 Å². The number of anilines is 1. The molecule has 0 atom stereocenters. The van der Waals surface area contributed by atoms with Crippen molar-refractivity contribution >= 4 is 15.8 Å². The molecule has 1 aromatic heterocycles. The van der Waals surface area contributed by atoms with Crippen molar-refractivity contribution in [3.8, 4) is 0 Å². The summed E-state index contributed by atoms with van der Waals surface area (Å²) in [6, 6.07) is 3.92. The van der Waals surface area contributed by atoms with Gasteiger partial charge in [0.2, 0.25) is 10.0 Å². The fourth-order valence-corrected chi connectivity index (χ4v) is 5.19. The first-order valence-corrected chi connectivity index (χ1v) is 9.51. The lowest BCUT2D eigenvalue weighted by Crippen LogP contribution is -2.61. The zero-order valence-electron chi connectivity index (χ0n) is 13.3. The first kappa shape index (κ1) is 15.7. The smallest absolute Gasteiger partial charge is 0.217 e. The van der Waals surface area contributed by atoms with Crippen molar-refractivity contribution in [1.82, 2.24) is 14.5 Å². The maximum atomic E-state index is 12.7. The molecular weight excluding hydrogens is 300 g/mol. The summed E-state index contributed by atoms with van der Waals surface area (Å²) in [5.74, 6) is 0.824. The normalized spacial score (nSPS) is 21.1. The zero-order valence-corrected chi connectivity index (χ0v) is 14.1. The molecule has 2 heterocycles. The van der Waals surface area contributed by atoms with Gasteiger partial charge >= 0.3 is 0 Å². The minimum Gasteiger partial charge on any atom is -0.352 e. The van der Waals surface area contributed by atoms with E-state index in [1.54, 1.807) is 11.4 Å². The molecule has 1 aliphatic carbocycles. The van der Waals surface area contributed by atoms with E-state index in [-0.39, 0.29) is 11.3 Å². The van der Waals surface area contributed by atoms with E-state index in [0.29, 0.717) is 13.1 Å². The molecule has 0 spiro atoms. The van der Waals surface area contributed by atoms with Gasteiger partial charge in [-0.15, -0.1) is 5.10 Å². The lowest BCUT2D eigenvalue weighted by Gasteiger charge is -2.44. The van der Waals surface area contributed by atoms with Crippen LogP contribution in [0.3, 0.4) is 0 Å². The van der Waals surface area contributed by atoms with Gasteiger partial charge in [-0.1, -0.05) is 19.3 Å². The summed E-state index contributed by atoms with van der Waals surface area (Å²) in [4.78, 5) is 2.07. The summed E-state index contributed by atoms with van der Waals surface area (Å²) in [6.45, 7) is 3.29. The van der Waals surface area contributed by atoms with Crippen molar-refractivity contribution in [3.63, 3.8) is 0 Å². The molecule has 0 amide bonds. The highest BCUT2D eigenvalue weighted by Gasteiger charge is 2.40. The van der Waals surface area contributed by atoms with Crippen LogP contribution in [0.25, 0.3) is 0 Å². The van der Waals surface area contributed by atoms with Gasteiger partial charge < -0.3 is 4.90 Å². The minimum atomic E-state index is -3.16. The van der Waals surface area contributed by atoms with E-state index in [0.717, 1.165) is 37.2 Å². The largest absolute Gasteiger partial charge is 0.352 e. The number of nitrogens with zero attached hydrogens (tertiary/aromatic N) is 4. The highest BCUT2D eigenvalue weighted by atomic mass is 32.2. The van der Waals surface area contributed by atoms with Gasteiger partial charge in [-0.3, -0.25) is 0 Å². The van der Waals surface area contributed by atoms with Crippen LogP contribution in [0.15, 0.2) is 12.1 Å². The fraction of sp³-hybridized carbons (Fsp3) is 0.733. The number of hydrogen-bond acceptors (Lipinski definition) is 5. The number of rotatable bonds is 4. The van der Waals surface area contributed by atoms with E-state index >= 15 is 0 Å². The quantitative estimate of drug-likeness (QED) is 0.841. The summed E-state index contributed by atoms with van der Waals surface area (Å²) >= 11 is 0. The highest BCUT2D eigenvalue weighted by molar-refractivity contribution is 7.89. The van der Waals surface area contributed by atoms with Gasteiger partial charge in [-0.25, -0.2) is 8.42 Å². The molecule has 1 saturated carbocycles. The number of aryl methyl sites for hydroxylation is 1. The lowest BCUT2D eigenvalue weighted by molar-refractivity contribution is 0.301. The Hall–Kier alpha value is -1.21. The lowest BCUT2D eigenvalue weighted by atomic mass is 10.0. The van der Waals surface area contributed by atoms with Crippen molar-refractivity contribution in [3.05, 3.63) is 17.8 Å². The van der Waals surface area contributed by atoms with Gasteiger partial charge in [0.25, 0.3) is 0 Å². The number of hydrogen-bond donors (Lipinski definition) is 0. The molecular formula is C15H24N4O2S. The Kier molecular flexibility index (Phi) is 4.36. The van der Waals surface area contributed by atoms with Gasteiger partial charge in [0.1, 0.15) is 0 Å². The van der Waals surface area contributed by atoms with Crippen LogP contribution in [0.2, 0.25) is 0 Å². The van der Waals surface area contributed by atoms with Crippen molar-refractivity contribution in [2.24, 2.45) is 0 Å². The van der Waals surface area contributed by atoms with Crippen LogP contribution >= 0.6 is 0 Å². The van der Waals surface area contributed by atoms with E-state index < -0.39 is 10.0 Å². The van der Waals surface area contributed by atoms with Crippen LogP contribution in [0.4, 0.5) is 5.82 Å². The van der Waals surface area contributed by atoms with Crippen LogP contribution in [0, 0.1) is 6.92 Å². The van der Waals surface area contributed by atoms with E-state index in [2.05, 4.69) is 15.1 Å². The summed E-state index contributed by atoms with van der Waals surface area (Å²) in [5.41, 5.74) is 0.887. The molecule has 1 aromatic rings. The molecule has 3 rings (SSSR count). The molecule has 0 unspecified atom stereocenters. The summed E-state index contributed by atoms with van der Waals surface area (Å²) in [5, 5.41) is 8.02. The monoisotopic (exact) mass is 324 g/mol. The maximum Gasteiger partial charge on any atom is 0.217 e. The first-order valence-electron chi connectivity index (χ1n) is 8.00. The Morgan fingerprint density at radius 2 is 1.82 bits per heavy atom. The first-order chi connectivity index (χ1) is 10.5. The highest BCUT2D eigenvalue weighted by Crippen LogP contribution is 2.29. The Labute approximate surface area is 132 Å². The average Bonchev–Trinajstić information content (AvgIpc) is 2.48. The molecule has 1 aliphatic heterocycles. The van der Waals surface area contributed by atoms with Crippen LogP contribution < -0.4 is 4.90 Å². The third-order valence-electron chi connectivity index (χ3n) is 4.86. The Balaban J connectivity index is 1.60. The molecule has 0 N–H and O–H groups in total. The second kappa shape index (κ2) is 6.12. The number of likely N-dealkylation sites (N-methyl/N-ethyl adjacent to an activating group) is 1. The molecule has 2 fully saturated rings. The summed E-state index contributed by atoms with van der Waals surface area (Å²) < 4.78 is 27.0. The predicted molar refractivity (Wildman–Crippen MR) is 86.3 cm³/mol. The van der Waals surface area contributed by atoms with E-state index in [4.69, 9.17) is 0 Å². The van der Waals surface area contributed by atoms with Gasteiger partial charge in [0.05, 0.1) is 17.0 Å². The fourth-order valence-electron chi connectivity index (χ4n) is 3.24. The summed E-state index contributed by atoms with van der Waals surface area (Å²) in [7, 11) is -1.43. The topological polar surface area (TPSA) is 66.4 Å². The molecule has 22 heavy (non-hydrogen) atoms. The van der Waals surface area contributed by atoms with Crippen LogP contribution in [0.5, 0.6) is 0 Å². The Morgan fingerprint density at radius 3 is 2.41 bits per heavy atom. The number of sulfonamides is 1. The van der Waals surface area contributed by atoms with Gasteiger partial charge in [-0.05, 0) is 31.9 Å². The molecule has 6 nitrogen and oxygen atoms in total. The second-order valence-corrected chi connectivity index (χ2v) is 8.69.